The Kier molecular flexibility index (Phi) is 9.96. The molecule has 196 valence electrons. The van der Waals surface area contributed by atoms with Crippen LogP contribution in [0.3, 0.4) is 0 Å². The van der Waals surface area contributed by atoms with Crippen LogP contribution in [0.25, 0.3) is 0 Å². The third kappa shape index (κ3) is 6.94. The summed E-state index contributed by atoms with van der Waals surface area (Å²) in [6.07, 6.45) is 2.28. The van der Waals surface area contributed by atoms with Gasteiger partial charge in [-0.1, -0.05) is 25.4 Å². The molecule has 11 nitrogen and oxygen atoms in total. The number of carbonyl (C=O) groups is 2. The van der Waals surface area contributed by atoms with E-state index in [1.807, 2.05) is 11.6 Å². The summed E-state index contributed by atoms with van der Waals surface area (Å²) >= 11 is 6.31. The van der Waals surface area contributed by atoms with Crippen LogP contribution in [0.15, 0.2) is 53.6 Å². The van der Waals surface area contributed by atoms with E-state index in [1.165, 1.54) is 30.5 Å². The molecule has 0 bridgehead atoms. The Morgan fingerprint density at radius 2 is 1.84 bits per heavy atom. The number of rotatable bonds is 9. The minimum atomic E-state index is -3.95. The average molecular weight is 569 g/mol. The van der Waals surface area contributed by atoms with E-state index in [2.05, 4.69) is 20.6 Å². The van der Waals surface area contributed by atoms with Crippen LogP contribution in [0.5, 0.6) is 5.75 Å². The Morgan fingerprint density at radius 1 is 1.13 bits per heavy atom. The predicted molar refractivity (Wildman–Crippen MR) is 141 cm³/mol. The summed E-state index contributed by atoms with van der Waals surface area (Å²) in [6.45, 7) is 4.14. The van der Waals surface area contributed by atoms with Gasteiger partial charge in [0.2, 0.25) is 11.9 Å². The third-order valence-corrected chi connectivity index (χ3v) is 7.01. The van der Waals surface area contributed by atoms with Gasteiger partial charge in [0, 0.05) is 24.3 Å². The van der Waals surface area contributed by atoms with Gasteiger partial charge in [-0.3, -0.25) is 9.59 Å². The molecule has 1 aromatic heterocycles. The standard InChI is InChI=1S/C24H25ClN6O5S.Na.H/c1-3-11-31-19-12-16(7-10-20(19)36-14-22(31)33)27-23-18(25)13-26-24(29-23)28-15-5-8-17(9-6-15)37(34,35)30-21(32)4-2;;/h5-10,12-13H,3-4,11,14H2,1-2H3,(H,30,32)(H2,26,27,28,29);;/q;+1;-1. The third-order valence-electron chi connectivity index (χ3n) is 5.35. The number of nitrogens with one attached hydrogen (secondary N) is 3. The molecule has 3 N–H and O–H groups in total. The van der Waals surface area contributed by atoms with Gasteiger partial charge in [0.1, 0.15) is 10.8 Å². The molecule has 0 aliphatic carbocycles. The summed E-state index contributed by atoms with van der Waals surface area (Å²) in [5, 5.41) is 6.41. The van der Waals surface area contributed by atoms with Crippen molar-refractivity contribution in [1.29, 1.82) is 0 Å². The first kappa shape index (κ1) is 29.7. The summed E-state index contributed by atoms with van der Waals surface area (Å²) in [6, 6.07) is 11.1. The second-order valence-corrected chi connectivity index (χ2v) is 10.2. The molecule has 0 atom stereocenters. The zero-order chi connectivity index (χ0) is 26.6. The summed E-state index contributed by atoms with van der Waals surface area (Å²) in [5.41, 5.74) is 1.83. The maximum Gasteiger partial charge on any atom is 1.00 e. The van der Waals surface area contributed by atoms with E-state index in [1.54, 1.807) is 30.0 Å². The number of aromatic nitrogens is 2. The summed E-state index contributed by atoms with van der Waals surface area (Å²) < 4.78 is 32.1. The van der Waals surface area contributed by atoms with E-state index >= 15 is 0 Å². The van der Waals surface area contributed by atoms with Crippen LogP contribution in [0.2, 0.25) is 5.02 Å². The fourth-order valence-corrected chi connectivity index (χ4v) is 4.72. The van der Waals surface area contributed by atoms with Gasteiger partial charge >= 0.3 is 29.6 Å². The van der Waals surface area contributed by atoms with Gasteiger partial charge in [-0.25, -0.2) is 18.1 Å². The number of hydrogen-bond donors (Lipinski definition) is 3. The summed E-state index contributed by atoms with van der Waals surface area (Å²) in [5.74, 6) is 0.462. The van der Waals surface area contributed by atoms with Crippen molar-refractivity contribution in [3.05, 3.63) is 53.7 Å². The molecule has 3 aromatic rings. The molecule has 0 saturated carbocycles. The van der Waals surface area contributed by atoms with E-state index in [9.17, 15) is 18.0 Å². The Balaban J connectivity index is 0.00000267. The molecular formula is C24H26ClN6NaO5S. The molecule has 38 heavy (non-hydrogen) atoms. The monoisotopic (exact) mass is 568 g/mol. The molecule has 4 rings (SSSR count). The molecule has 0 spiro atoms. The number of anilines is 5. The van der Waals surface area contributed by atoms with Crippen molar-refractivity contribution in [1.82, 2.24) is 14.7 Å². The maximum atomic E-state index is 12.3. The fourth-order valence-electron chi connectivity index (χ4n) is 3.53. The summed E-state index contributed by atoms with van der Waals surface area (Å²) in [7, 11) is -3.95. The molecule has 0 saturated heterocycles. The average Bonchev–Trinajstić information content (AvgIpc) is 2.88. The van der Waals surface area contributed by atoms with Crippen LogP contribution < -0.4 is 54.5 Å². The van der Waals surface area contributed by atoms with Gasteiger partial charge in [0.05, 0.1) is 16.8 Å². The van der Waals surface area contributed by atoms with Crippen LogP contribution >= 0.6 is 11.6 Å². The Hall–Kier alpha value is -2.90. The van der Waals surface area contributed by atoms with Gasteiger partial charge in [0.25, 0.3) is 15.9 Å². The minimum absolute atomic E-state index is 0. The second-order valence-electron chi connectivity index (χ2n) is 8.06. The topological polar surface area (TPSA) is 143 Å². The number of nitrogens with zero attached hydrogens (tertiary/aromatic N) is 3. The van der Waals surface area contributed by atoms with Crippen molar-refractivity contribution < 1.29 is 53.7 Å². The SMILES string of the molecule is CCCN1C(=O)COc2ccc(Nc3nc(Nc4ccc(S(=O)(=O)NC(=O)CC)cc4)ncc3Cl)cc21.[H-].[Na+]. The van der Waals surface area contributed by atoms with Crippen molar-refractivity contribution in [2.24, 2.45) is 0 Å². The molecule has 1 aliphatic heterocycles. The first-order valence-electron chi connectivity index (χ1n) is 11.5. The molecule has 2 amide bonds. The Bertz CT molecular complexity index is 1450. The van der Waals surface area contributed by atoms with Crippen LogP contribution in [0, 0.1) is 0 Å². The van der Waals surface area contributed by atoms with Crippen molar-refractivity contribution in [3.8, 4) is 5.75 Å². The Morgan fingerprint density at radius 3 is 2.53 bits per heavy atom. The number of fused-ring (bicyclic) bond motifs is 1. The predicted octanol–water partition coefficient (Wildman–Crippen LogP) is 1.08. The van der Waals surface area contributed by atoms with E-state index in [4.69, 9.17) is 16.3 Å². The molecule has 2 heterocycles. The molecular weight excluding hydrogens is 543 g/mol. The van der Waals surface area contributed by atoms with E-state index in [-0.39, 0.29) is 65.8 Å². The van der Waals surface area contributed by atoms with Crippen LogP contribution in [-0.4, -0.2) is 43.4 Å². The Labute approximate surface area is 249 Å². The number of sulfonamides is 1. The second kappa shape index (κ2) is 12.8. The summed E-state index contributed by atoms with van der Waals surface area (Å²) in [4.78, 5) is 34.0. The number of ether oxygens (including phenoxy) is 1. The van der Waals surface area contributed by atoms with Crippen molar-refractivity contribution in [2.45, 2.75) is 31.6 Å². The maximum absolute atomic E-state index is 12.3. The van der Waals surface area contributed by atoms with Gasteiger partial charge in [0.15, 0.2) is 12.4 Å². The number of halogens is 1. The normalized spacial score (nSPS) is 12.6. The molecule has 0 radical (unpaired) electrons. The number of hydrogen-bond acceptors (Lipinski definition) is 9. The van der Waals surface area contributed by atoms with Gasteiger partial charge in [-0.15, -0.1) is 0 Å². The van der Waals surface area contributed by atoms with Crippen LogP contribution in [0.4, 0.5) is 28.8 Å². The smallest absolute Gasteiger partial charge is 1.00 e. The number of benzene rings is 2. The first-order chi connectivity index (χ1) is 17.7. The van der Waals surface area contributed by atoms with Gasteiger partial charge in [-0.2, -0.15) is 4.98 Å². The van der Waals surface area contributed by atoms with E-state index in [0.717, 1.165) is 6.42 Å². The minimum Gasteiger partial charge on any atom is -1.00 e. The molecule has 2 aromatic carbocycles. The fraction of sp³-hybridized carbons (Fsp3) is 0.250. The van der Waals surface area contributed by atoms with E-state index < -0.39 is 15.9 Å². The van der Waals surface area contributed by atoms with Gasteiger partial charge in [-0.05, 0) is 48.9 Å². The zero-order valence-electron chi connectivity index (χ0n) is 22.1. The zero-order valence-corrected chi connectivity index (χ0v) is 24.7. The molecule has 0 unspecified atom stereocenters. The molecule has 0 fully saturated rings. The van der Waals surface area contributed by atoms with Crippen molar-refractivity contribution in [2.75, 3.05) is 28.7 Å². The first-order valence-corrected chi connectivity index (χ1v) is 13.4. The van der Waals surface area contributed by atoms with Crippen LogP contribution in [-0.2, 0) is 19.6 Å². The largest absolute Gasteiger partial charge is 1.00 e. The molecule has 14 heteroatoms. The van der Waals surface area contributed by atoms with Crippen LogP contribution in [0.1, 0.15) is 28.1 Å². The molecule has 1 aliphatic rings. The van der Waals surface area contributed by atoms with E-state index in [0.29, 0.717) is 35.2 Å². The van der Waals surface area contributed by atoms with Crippen molar-refractivity contribution in [3.63, 3.8) is 0 Å². The number of carbonyl (C=O) groups excluding carboxylic acids is 2. The quantitative estimate of drug-likeness (QED) is 0.323. The van der Waals surface area contributed by atoms with Crippen molar-refractivity contribution >= 4 is 62.3 Å². The van der Waals surface area contributed by atoms with Gasteiger partial charge < -0.3 is 21.7 Å². The number of amides is 2.